The Morgan fingerprint density at radius 1 is 1.03 bits per heavy atom. The van der Waals surface area contributed by atoms with Crippen molar-refractivity contribution in [1.82, 2.24) is 20.2 Å². The zero-order valence-corrected chi connectivity index (χ0v) is 18.0. The van der Waals surface area contributed by atoms with E-state index >= 15 is 0 Å². The number of rotatable bonds is 5. The van der Waals surface area contributed by atoms with Crippen molar-refractivity contribution in [3.8, 4) is 5.88 Å². The van der Waals surface area contributed by atoms with Crippen LogP contribution in [0, 0.1) is 13.8 Å². The summed E-state index contributed by atoms with van der Waals surface area (Å²) in [4.78, 5) is 23.7. The number of nitrogens with one attached hydrogen (secondary N) is 1. The lowest BCUT2D eigenvalue weighted by atomic mass is 9.99. The fraction of sp³-hybridized carbons (Fsp3) is 0.320. The van der Waals surface area contributed by atoms with Gasteiger partial charge in [0.05, 0.1) is 12.6 Å². The van der Waals surface area contributed by atoms with Gasteiger partial charge in [-0.2, -0.15) is 4.98 Å². The maximum Gasteiger partial charge on any atom is 0.318 e. The summed E-state index contributed by atoms with van der Waals surface area (Å²) in [5, 5.41) is 3.23. The van der Waals surface area contributed by atoms with Crippen molar-refractivity contribution in [2.45, 2.75) is 38.8 Å². The van der Waals surface area contributed by atoms with Crippen molar-refractivity contribution in [2.24, 2.45) is 0 Å². The summed E-state index contributed by atoms with van der Waals surface area (Å²) < 4.78 is 6.10. The Kier molecular flexibility index (Phi) is 6.46. The molecule has 0 unspecified atom stereocenters. The van der Waals surface area contributed by atoms with Crippen LogP contribution in [0.5, 0.6) is 5.88 Å². The highest BCUT2D eigenvalue weighted by Crippen LogP contribution is 2.23. The predicted molar refractivity (Wildman–Crippen MR) is 120 cm³/mol. The van der Waals surface area contributed by atoms with Crippen molar-refractivity contribution in [1.29, 1.82) is 0 Å². The van der Waals surface area contributed by atoms with Gasteiger partial charge in [0.1, 0.15) is 11.9 Å². The third kappa shape index (κ3) is 5.40. The highest BCUT2D eigenvalue weighted by molar-refractivity contribution is 5.75. The van der Waals surface area contributed by atoms with Crippen LogP contribution in [0.4, 0.5) is 4.79 Å². The first-order chi connectivity index (χ1) is 15.1. The number of urea groups is 1. The van der Waals surface area contributed by atoms with Crippen molar-refractivity contribution >= 4 is 6.03 Å². The first kappa shape index (κ1) is 20.8. The van der Waals surface area contributed by atoms with E-state index in [2.05, 4.69) is 15.3 Å². The SMILES string of the molecule is Cc1cc(O[C@@H]2CCCN(C(=O)NC(c3ccccc3)c3ccccc3)C2)nc(C)n1. The molecule has 1 aliphatic heterocycles. The molecule has 1 atom stereocenters. The molecule has 1 N–H and O–H groups in total. The van der Waals surface area contributed by atoms with E-state index in [1.54, 1.807) is 0 Å². The molecule has 0 bridgehead atoms. The molecule has 1 aliphatic rings. The number of nitrogens with zero attached hydrogens (tertiary/aromatic N) is 3. The summed E-state index contributed by atoms with van der Waals surface area (Å²) in [6.07, 6.45) is 1.70. The molecule has 6 heteroatoms. The molecule has 3 aromatic rings. The number of carbonyl (C=O) groups excluding carboxylic acids is 1. The molecule has 6 nitrogen and oxygen atoms in total. The monoisotopic (exact) mass is 416 g/mol. The van der Waals surface area contributed by atoms with Crippen molar-refractivity contribution in [3.63, 3.8) is 0 Å². The average molecular weight is 417 g/mol. The molecule has 1 aromatic heterocycles. The molecule has 0 saturated carbocycles. The van der Waals surface area contributed by atoms with Crippen LogP contribution in [-0.2, 0) is 0 Å². The molecule has 2 heterocycles. The quantitative estimate of drug-likeness (QED) is 0.668. The van der Waals surface area contributed by atoms with Gasteiger partial charge < -0.3 is 15.0 Å². The van der Waals surface area contributed by atoms with Gasteiger partial charge in [0.15, 0.2) is 0 Å². The fourth-order valence-electron chi connectivity index (χ4n) is 4.00. The fourth-order valence-corrected chi connectivity index (χ4v) is 4.00. The zero-order valence-electron chi connectivity index (χ0n) is 18.0. The third-order valence-electron chi connectivity index (χ3n) is 5.43. The lowest BCUT2D eigenvalue weighted by Gasteiger charge is -2.34. The van der Waals surface area contributed by atoms with Gasteiger partial charge in [-0.25, -0.2) is 9.78 Å². The topological polar surface area (TPSA) is 67.3 Å². The number of ether oxygens (including phenoxy) is 1. The normalized spacial score (nSPS) is 16.2. The minimum Gasteiger partial charge on any atom is -0.472 e. The minimum absolute atomic E-state index is 0.0824. The summed E-state index contributed by atoms with van der Waals surface area (Å²) in [5.74, 6) is 1.26. The largest absolute Gasteiger partial charge is 0.472 e. The molecule has 0 aliphatic carbocycles. The van der Waals surface area contributed by atoms with Gasteiger partial charge >= 0.3 is 6.03 Å². The summed E-state index contributed by atoms with van der Waals surface area (Å²) in [5.41, 5.74) is 2.99. The molecule has 160 valence electrons. The first-order valence-electron chi connectivity index (χ1n) is 10.7. The van der Waals surface area contributed by atoms with Crippen molar-refractivity contribution < 1.29 is 9.53 Å². The molecule has 0 radical (unpaired) electrons. The Morgan fingerprint density at radius 2 is 1.68 bits per heavy atom. The number of benzene rings is 2. The van der Waals surface area contributed by atoms with Crippen molar-refractivity contribution in [2.75, 3.05) is 13.1 Å². The van der Waals surface area contributed by atoms with E-state index in [1.165, 1.54) is 0 Å². The van der Waals surface area contributed by atoms with Gasteiger partial charge in [0, 0.05) is 18.3 Å². The van der Waals surface area contributed by atoms with Crippen LogP contribution in [0.2, 0.25) is 0 Å². The van der Waals surface area contributed by atoms with Crippen LogP contribution in [0.3, 0.4) is 0 Å². The summed E-state index contributed by atoms with van der Waals surface area (Å²) >= 11 is 0. The number of aryl methyl sites for hydroxylation is 2. The van der Waals surface area contributed by atoms with Crippen LogP contribution in [0.15, 0.2) is 66.7 Å². The van der Waals surface area contributed by atoms with E-state index < -0.39 is 0 Å². The average Bonchev–Trinajstić information content (AvgIpc) is 2.78. The molecule has 2 aromatic carbocycles. The number of likely N-dealkylation sites (tertiary alicyclic amines) is 1. The molecule has 4 rings (SSSR count). The van der Waals surface area contributed by atoms with Gasteiger partial charge in [-0.15, -0.1) is 0 Å². The van der Waals surface area contributed by atoms with Crippen LogP contribution < -0.4 is 10.1 Å². The second-order valence-corrected chi connectivity index (χ2v) is 7.93. The number of amides is 2. The molecule has 1 fully saturated rings. The number of carbonyl (C=O) groups is 1. The molecule has 1 saturated heterocycles. The van der Waals surface area contributed by atoms with E-state index in [1.807, 2.05) is 85.5 Å². The Morgan fingerprint density at radius 3 is 2.29 bits per heavy atom. The molecule has 0 spiro atoms. The lowest BCUT2D eigenvalue weighted by Crippen LogP contribution is -2.49. The smallest absolute Gasteiger partial charge is 0.318 e. The van der Waals surface area contributed by atoms with Gasteiger partial charge in [0.2, 0.25) is 5.88 Å². The highest BCUT2D eigenvalue weighted by Gasteiger charge is 2.27. The van der Waals surface area contributed by atoms with E-state index in [9.17, 15) is 4.79 Å². The van der Waals surface area contributed by atoms with Crippen LogP contribution >= 0.6 is 0 Å². The van der Waals surface area contributed by atoms with Gasteiger partial charge in [-0.05, 0) is 37.8 Å². The van der Waals surface area contributed by atoms with E-state index in [0.717, 1.165) is 29.7 Å². The zero-order chi connectivity index (χ0) is 21.6. The third-order valence-corrected chi connectivity index (χ3v) is 5.43. The van der Waals surface area contributed by atoms with E-state index in [4.69, 9.17) is 4.74 Å². The Labute approximate surface area is 183 Å². The molecular formula is C25H28N4O2. The standard InChI is InChI=1S/C25H28N4O2/c1-18-16-23(27-19(2)26-18)31-22-14-9-15-29(17-22)25(30)28-24(20-10-5-3-6-11-20)21-12-7-4-8-13-21/h3-8,10-13,16,22,24H,9,14-15,17H2,1-2H3,(H,28,30)/t22-/m1/s1. The Bertz CT molecular complexity index is 951. The number of hydrogen-bond acceptors (Lipinski definition) is 4. The Hall–Kier alpha value is -3.41. The second-order valence-electron chi connectivity index (χ2n) is 7.93. The van der Waals surface area contributed by atoms with Crippen molar-refractivity contribution in [3.05, 3.63) is 89.4 Å². The maximum atomic E-state index is 13.2. The summed E-state index contributed by atoms with van der Waals surface area (Å²) in [6, 6.07) is 21.7. The molecule has 2 amide bonds. The number of aromatic nitrogens is 2. The van der Waals surface area contributed by atoms with E-state index in [0.29, 0.717) is 24.8 Å². The maximum absolute atomic E-state index is 13.2. The second kappa shape index (κ2) is 9.60. The number of piperidine rings is 1. The summed E-state index contributed by atoms with van der Waals surface area (Å²) in [7, 11) is 0. The van der Waals surface area contributed by atoms with Gasteiger partial charge in [-0.1, -0.05) is 60.7 Å². The van der Waals surface area contributed by atoms with Gasteiger partial charge in [-0.3, -0.25) is 0 Å². The van der Waals surface area contributed by atoms with Gasteiger partial charge in [0.25, 0.3) is 0 Å². The lowest BCUT2D eigenvalue weighted by molar-refractivity contribution is 0.0968. The summed E-state index contributed by atoms with van der Waals surface area (Å²) in [6.45, 7) is 5.03. The number of hydrogen-bond donors (Lipinski definition) is 1. The van der Waals surface area contributed by atoms with Crippen LogP contribution in [-0.4, -0.2) is 40.1 Å². The van der Waals surface area contributed by atoms with Crippen LogP contribution in [0.1, 0.15) is 41.5 Å². The van der Waals surface area contributed by atoms with E-state index in [-0.39, 0.29) is 18.2 Å². The minimum atomic E-state index is -0.205. The Balaban J connectivity index is 1.46. The molecule has 31 heavy (non-hydrogen) atoms. The predicted octanol–water partition coefficient (Wildman–Crippen LogP) is 4.44. The van der Waals surface area contributed by atoms with Crippen LogP contribution in [0.25, 0.3) is 0 Å². The molecular weight excluding hydrogens is 388 g/mol. The highest BCUT2D eigenvalue weighted by atomic mass is 16.5. The first-order valence-corrected chi connectivity index (χ1v) is 10.7.